The molecule has 790 valence electrons. The fourth-order valence-electron chi connectivity index (χ4n) is 22.7. The molecule has 5 aromatic heterocycles. The maximum Gasteiger partial charge on any atom is 0.265 e. The summed E-state index contributed by atoms with van der Waals surface area (Å²) in [6.45, 7) is 18.2. The van der Waals surface area contributed by atoms with Gasteiger partial charge in [0.15, 0.2) is 23.3 Å². The number of hydrogen-bond donors (Lipinski definition) is 9. The van der Waals surface area contributed by atoms with Crippen molar-refractivity contribution in [1.29, 1.82) is 0 Å². The van der Waals surface area contributed by atoms with E-state index in [-0.39, 0.29) is 53.4 Å². The number of hydrogen-bond acceptors (Lipinski definition) is 32. The first-order valence-corrected chi connectivity index (χ1v) is 52.7. The summed E-state index contributed by atoms with van der Waals surface area (Å²) in [6, 6.07) is 28.6. The van der Waals surface area contributed by atoms with E-state index in [1.165, 1.54) is 51.4 Å². The van der Waals surface area contributed by atoms with E-state index in [0.29, 0.717) is 149 Å². The molecule has 7 amide bonds. The van der Waals surface area contributed by atoms with Gasteiger partial charge in [-0.15, -0.1) is 0 Å². The second kappa shape index (κ2) is 44.6. The molecule has 7 fully saturated rings. The lowest BCUT2D eigenvalue weighted by Gasteiger charge is -2.34. The molecule has 0 bridgehead atoms. The normalized spacial score (nSPS) is 19.6. The third-order valence-corrected chi connectivity index (χ3v) is 31.3. The van der Waals surface area contributed by atoms with Gasteiger partial charge in [-0.25, -0.2) is 24.9 Å². The topological polar surface area (TPSA) is 430 Å². The Labute approximate surface area is 871 Å². The third kappa shape index (κ3) is 22.8. The number of amidine groups is 1. The maximum atomic E-state index is 13.3. The Balaban J connectivity index is 0.000000130. The Morgan fingerprint density at radius 3 is 1.13 bits per heavy atom. The number of anilines is 16. The first-order valence-electron chi connectivity index (χ1n) is 52.7. The number of pyridine rings is 1. The van der Waals surface area contributed by atoms with Crippen molar-refractivity contribution in [2.45, 2.75) is 232 Å². The van der Waals surface area contributed by atoms with Crippen molar-refractivity contribution in [2.24, 2.45) is 26.7 Å². The fourth-order valence-corrected chi connectivity index (χ4v) is 22.7. The van der Waals surface area contributed by atoms with Gasteiger partial charge in [0, 0.05) is 127 Å². The highest BCUT2D eigenvalue weighted by Gasteiger charge is 2.56. The molecule has 6 aliphatic carbocycles. The summed E-state index contributed by atoms with van der Waals surface area (Å²) < 4.78 is 22.5. The summed E-state index contributed by atoms with van der Waals surface area (Å²) in [6.07, 6.45) is 34.5. The number of aliphatic hydroxyl groups excluding tert-OH is 1. The number of benzene rings is 4. The van der Waals surface area contributed by atoms with Crippen LogP contribution in [0.2, 0.25) is 0 Å². The van der Waals surface area contributed by atoms with Crippen LogP contribution in [0.25, 0.3) is 0 Å². The first kappa shape index (κ1) is 105. The Hall–Kier alpha value is -14.4. The molecule has 12 aliphatic rings. The summed E-state index contributed by atoms with van der Waals surface area (Å²) in [5.41, 5.74) is 9.31. The number of hydrazine groups is 1. The van der Waals surface area contributed by atoms with Gasteiger partial charge in [0.05, 0.1) is 129 Å². The van der Waals surface area contributed by atoms with Crippen LogP contribution in [0.3, 0.4) is 0 Å². The van der Waals surface area contributed by atoms with Crippen molar-refractivity contribution in [2.75, 3.05) is 176 Å². The lowest BCUT2D eigenvalue weighted by molar-refractivity contribution is -0.126. The Bertz CT molecular complexity index is 6440. The number of amides is 7. The molecule has 0 unspecified atom stereocenters. The monoisotopic (exact) mass is 2030 g/mol. The van der Waals surface area contributed by atoms with Crippen molar-refractivity contribution in [3.63, 3.8) is 0 Å². The second-order valence-electron chi connectivity index (χ2n) is 43.3. The van der Waals surface area contributed by atoms with Gasteiger partial charge < -0.3 is 100 Å². The SMILES string of the molecule is COc1cc(C(=O)NC2(CO)CCCC2)ccc1Nc1ncc2c(n1)N(C1CCCC1)CC(C)(C)C(=O)N2C.COc1cc(C(=O)NCc2ccccn2)ccc1Nc1ncc2c(n1)N(C1CCCC1)CC(C)(C)C(=O)N2C.COc1cc(C(=O)NN2CCCC2)ccc1Nc1ncc2c(n1)N(C1CCCC1)CC1(CC1)C(=O)N2C.COc1cc(C2=NCCN2)ccc1Nc1ncc2c(n1)N(C1CCCC1)CC(C)(C)C(=O)N2C. The van der Waals surface area contributed by atoms with Crippen LogP contribution >= 0.6 is 0 Å². The second-order valence-corrected chi connectivity index (χ2v) is 43.3. The van der Waals surface area contributed by atoms with Crippen LogP contribution in [-0.2, 0) is 25.7 Å². The molecule has 9 N–H and O–H groups in total. The average molecular weight is 2040 g/mol. The van der Waals surface area contributed by atoms with Crippen LogP contribution in [0.15, 0.2) is 127 Å². The number of methoxy groups -OCH3 is 4. The molecule has 6 saturated carbocycles. The van der Waals surface area contributed by atoms with Crippen LogP contribution < -0.4 is 101 Å². The molecule has 4 aromatic carbocycles. The minimum absolute atomic E-state index is 0.0460. The van der Waals surface area contributed by atoms with Crippen molar-refractivity contribution in [3.8, 4) is 23.0 Å². The predicted octanol–water partition coefficient (Wildman–Crippen LogP) is 15.1. The molecule has 39 nitrogen and oxygen atoms in total. The summed E-state index contributed by atoms with van der Waals surface area (Å²) in [5, 5.41) is 34.2. The van der Waals surface area contributed by atoms with E-state index in [2.05, 4.69) is 92.2 Å². The van der Waals surface area contributed by atoms with E-state index < -0.39 is 21.8 Å². The summed E-state index contributed by atoms with van der Waals surface area (Å²) in [7, 11) is 13.6. The smallest absolute Gasteiger partial charge is 0.265 e. The van der Waals surface area contributed by atoms with Crippen molar-refractivity contribution in [1.82, 2.24) is 71.2 Å². The number of ether oxygens (including phenoxy) is 4. The Morgan fingerprint density at radius 1 is 0.416 bits per heavy atom. The molecule has 0 atom stereocenters. The number of fused-ring (bicyclic) bond motifs is 4. The van der Waals surface area contributed by atoms with Gasteiger partial charge in [-0.1, -0.05) is 70.3 Å². The molecule has 39 heteroatoms. The van der Waals surface area contributed by atoms with Crippen molar-refractivity contribution in [3.05, 3.63) is 150 Å². The average Bonchev–Trinajstić information content (AvgIpc) is 1.57. The first-order chi connectivity index (χ1) is 71.8. The van der Waals surface area contributed by atoms with Crippen LogP contribution in [0.4, 0.5) is 92.6 Å². The van der Waals surface area contributed by atoms with Gasteiger partial charge in [0.1, 0.15) is 51.6 Å². The number of nitrogens with zero attached hydrogens (tertiary/aromatic N) is 19. The molecular formula is C110H143N27O12. The highest BCUT2D eigenvalue weighted by molar-refractivity contribution is 6.06. The number of rotatable bonds is 25. The zero-order valence-corrected chi connectivity index (χ0v) is 88.3. The number of aliphatic hydroxyl groups is 1. The molecule has 149 heavy (non-hydrogen) atoms. The van der Waals surface area contributed by atoms with Gasteiger partial charge >= 0.3 is 0 Å². The van der Waals surface area contributed by atoms with E-state index in [1.54, 1.807) is 142 Å². The molecule has 9 aromatic rings. The highest BCUT2D eigenvalue weighted by atomic mass is 16.5. The lowest BCUT2D eigenvalue weighted by atomic mass is 9.91. The van der Waals surface area contributed by atoms with Gasteiger partial charge in [0.2, 0.25) is 47.4 Å². The standard InChI is InChI=1S/C29H35N7O3.C29H40N6O4.C27H35N7O3.C25H33N7O2/c1-29(2)18-36(21-10-5-6-11-21)25-23(35(3)27(29)38)17-32-28(34-25)33-22-13-12-19(15-24(22)39-4)26(37)31-16-20-9-7-8-14-30-20;1-28(2)17-35(20-9-5-6-10-20)24-22(34(3)26(28)38)16-30-27(32-24)31-21-12-11-19(15-23(21)39-4)25(37)33-29(18-36)13-7-8-14-29;1-32-21-16-28-26(30-23(21)34(19-7-3-4-8-19)17-27(11-12-27)25(32)36)29-20-10-9-18(15-22(20)37-2)24(35)31-33-13-5-6-14-33;1-25(2)15-32(17-7-5-6-8-17)22-19(31(3)23(25)33)14-28-24(30-22)29-18-10-9-16(13-20(18)34-4)21-26-11-12-27-21/h7-9,12-15,17,21H,5-6,10-11,16,18H2,1-4H3,(H,31,37)(H,32,33,34);11-12,15-16,20,36H,5-10,13-14,17-18H2,1-4H3,(H,33,37)(H,30,31,32);9-10,15-16,19H,3-8,11-14,17H2,1-2H3,(H,31,35)(H,28,29,30);9-10,13-14,17H,5-8,11-12,15H2,1-4H3,(H,26,27)(H,28,29,30). The number of carbonyl (C=O) groups excluding carboxylic acids is 7. The minimum atomic E-state index is -0.557. The highest BCUT2D eigenvalue weighted by Crippen LogP contribution is 2.54. The van der Waals surface area contributed by atoms with Crippen molar-refractivity contribution >= 4 is 140 Å². The van der Waals surface area contributed by atoms with Crippen LogP contribution in [-0.4, -0.2) is 247 Å². The molecule has 11 heterocycles. The maximum absolute atomic E-state index is 13.3. The number of aromatic nitrogens is 9. The van der Waals surface area contributed by atoms with Crippen LogP contribution in [0, 0.1) is 21.7 Å². The summed E-state index contributed by atoms with van der Waals surface area (Å²) in [5.74, 6) is 7.61. The number of aliphatic imine (C=N–C) groups is 1. The van der Waals surface area contributed by atoms with Crippen LogP contribution in [0.1, 0.15) is 238 Å². The molecule has 21 rings (SSSR count). The zero-order chi connectivity index (χ0) is 105. The Morgan fingerprint density at radius 2 is 0.779 bits per heavy atom. The van der Waals surface area contributed by atoms with Crippen LogP contribution in [0.5, 0.6) is 23.0 Å². The summed E-state index contributed by atoms with van der Waals surface area (Å²) in [4.78, 5) is 154. The molecule has 1 saturated heterocycles. The largest absolute Gasteiger partial charge is 0.495 e. The van der Waals surface area contributed by atoms with Gasteiger partial charge in [0.25, 0.3) is 17.7 Å². The Kier molecular flexibility index (Phi) is 31.3. The zero-order valence-electron chi connectivity index (χ0n) is 88.3. The van der Waals surface area contributed by atoms with Gasteiger partial charge in [-0.2, -0.15) is 19.9 Å². The van der Waals surface area contributed by atoms with E-state index >= 15 is 0 Å². The quantitative estimate of drug-likeness (QED) is 0.0257. The van der Waals surface area contributed by atoms with E-state index in [0.717, 1.165) is 186 Å². The third-order valence-electron chi connectivity index (χ3n) is 31.3. The van der Waals surface area contributed by atoms with Crippen molar-refractivity contribution < 1.29 is 57.6 Å². The molecule has 1 spiro atoms. The fraction of sp³-hybridized carbons (Fsp3) is 0.518. The van der Waals surface area contributed by atoms with E-state index in [1.807, 2.05) is 103 Å². The van der Waals surface area contributed by atoms with Gasteiger partial charge in [-0.3, -0.25) is 49.0 Å². The lowest BCUT2D eigenvalue weighted by Crippen LogP contribution is -2.49. The van der Waals surface area contributed by atoms with Gasteiger partial charge in [-0.05, 0) is 216 Å². The molecule has 6 aliphatic heterocycles. The number of carbonyl (C=O) groups is 7. The summed E-state index contributed by atoms with van der Waals surface area (Å²) >= 11 is 0. The predicted molar refractivity (Wildman–Crippen MR) is 577 cm³/mol. The minimum Gasteiger partial charge on any atom is -0.495 e. The number of nitrogens with one attached hydrogen (secondary N) is 8. The molecular weight excluding hydrogens is 1890 g/mol. The molecule has 0 radical (unpaired) electrons. The van der Waals surface area contributed by atoms with E-state index in [9.17, 15) is 38.7 Å². The van der Waals surface area contributed by atoms with E-state index in [4.69, 9.17) is 38.9 Å².